The van der Waals surface area contributed by atoms with E-state index in [1.54, 1.807) is 0 Å². The molecule has 0 atom stereocenters. The van der Waals surface area contributed by atoms with Gasteiger partial charge in [0.2, 0.25) is 0 Å². The highest BCUT2D eigenvalue weighted by Crippen LogP contribution is 2.42. The van der Waals surface area contributed by atoms with Crippen molar-refractivity contribution in [1.82, 2.24) is 5.43 Å². The van der Waals surface area contributed by atoms with Crippen LogP contribution < -0.4 is 10.9 Å². The molecule has 0 amide bonds. The van der Waals surface area contributed by atoms with E-state index in [1.165, 1.54) is 55.3 Å². The number of anilines is 1. The summed E-state index contributed by atoms with van der Waals surface area (Å²) >= 11 is 0. The molecule has 2 aliphatic carbocycles. The predicted molar refractivity (Wildman–Crippen MR) is 109 cm³/mol. The second kappa shape index (κ2) is 9.55. The molecule has 0 bridgehead atoms. The number of carbonyl (C=O) groups is 1. The highest BCUT2D eigenvalue weighted by molar-refractivity contribution is 5.56. The minimum absolute atomic E-state index is 0.282. The molecule has 3 heteroatoms. The highest BCUT2D eigenvalue weighted by Gasteiger charge is 2.26. The third kappa shape index (κ3) is 4.68. The van der Waals surface area contributed by atoms with Crippen LogP contribution in [0.1, 0.15) is 94.1 Å². The van der Waals surface area contributed by atoms with Gasteiger partial charge >= 0.3 is 0 Å². The second-order valence-corrected chi connectivity index (χ2v) is 8.48. The van der Waals surface area contributed by atoms with E-state index in [0.717, 1.165) is 43.8 Å². The lowest BCUT2D eigenvalue weighted by atomic mass is 9.75. The van der Waals surface area contributed by atoms with Crippen LogP contribution in [0, 0.1) is 11.8 Å². The lowest BCUT2D eigenvalue weighted by molar-refractivity contribution is -0.111. The van der Waals surface area contributed by atoms with Crippen molar-refractivity contribution in [1.29, 1.82) is 0 Å². The van der Waals surface area contributed by atoms with E-state index in [9.17, 15) is 4.79 Å². The quantitative estimate of drug-likeness (QED) is 0.480. The van der Waals surface area contributed by atoms with Crippen molar-refractivity contribution < 1.29 is 4.79 Å². The van der Waals surface area contributed by atoms with E-state index in [2.05, 4.69) is 36.0 Å². The van der Waals surface area contributed by atoms with Crippen molar-refractivity contribution in [2.24, 2.45) is 11.8 Å². The van der Waals surface area contributed by atoms with Gasteiger partial charge in [0.15, 0.2) is 0 Å². The van der Waals surface area contributed by atoms with Crippen molar-refractivity contribution >= 4 is 12.0 Å². The molecule has 0 heterocycles. The molecule has 0 saturated heterocycles. The summed E-state index contributed by atoms with van der Waals surface area (Å²) in [5.74, 6) is 2.54. The van der Waals surface area contributed by atoms with E-state index in [0.29, 0.717) is 5.92 Å². The zero-order valence-corrected chi connectivity index (χ0v) is 16.6. The molecule has 0 radical (unpaired) electrons. The Hall–Kier alpha value is -1.35. The van der Waals surface area contributed by atoms with E-state index >= 15 is 0 Å². The number of carbonyl (C=O) groups excluding carboxylic acids is 1. The molecule has 26 heavy (non-hydrogen) atoms. The van der Waals surface area contributed by atoms with Crippen LogP contribution in [0.15, 0.2) is 18.2 Å². The topological polar surface area (TPSA) is 41.1 Å². The summed E-state index contributed by atoms with van der Waals surface area (Å²) < 4.78 is 0. The van der Waals surface area contributed by atoms with Crippen LogP contribution in [0.3, 0.4) is 0 Å². The second-order valence-electron chi connectivity index (χ2n) is 8.48. The highest BCUT2D eigenvalue weighted by atomic mass is 16.1. The predicted octanol–water partition coefficient (Wildman–Crippen LogP) is 5.78. The van der Waals surface area contributed by atoms with Gasteiger partial charge in [0.25, 0.3) is 0 Å². The van der Waals surface area contributed by atoms with E-state index < -0.39 is 0 Å². The maximum atomic E-state index is 11.0. The Morgan fingerprint density at radius 2 is 1.69 bits per heavy atom. The van der Waals surface area contributed by atoms with Gasteiger partial charge < -0.3 is 10.2 Å². The van der Waals surface area contributed by atoms with E-state index in [1.807, 2.05) is 7.05 Å². The summed E-state index contributed by atoms with van der Waals surface area (Å²) in [5.41, 5.74) is 10.7. The molecular formula is C23H36N2O. The number of nitrogens with one attached hydrogen (secondary N) is 2. The van der Waals surface area contributed by atoms with Gasteiger partial charge in [-0.15, -0.1) is 0 Å². The molecule has 2 N–H and O–H groups in total. The first-order chi connectivity index (χ1) is 12.7. The maximum Gasteiger partial charge on any atom is 0.123 e. The Morgan fingerprint density at radius 1 is 1.00 bits per heavy atom. The average Bonchev–Trinajstić information content (AvgIpc) is 2.69. The standard InChI is InChI=1S/C23H36N2O/c1-3-4-17-5-9-19(10-6-17)21-13-14-22(23(15-21)25-24-2)20-11-7-18(16-26)8-12-20/h13-20,24-25H,3-12H2,1-2H3. The van der Waals surface area contributed by atoms with E-state index in [4.69, 9.17) is 0 Å². The van der Waals surface area contributed by atoms with Crippen LogP contribution in [-0.2, 0) is 4.79 Å². The van der Waals surface area contributed by atoms with Crippen molar-refractivity contribution in [3.8, 4) is 0 Å². The minimum Gasteiger partial charge on any atom is -0.321 e. The number of benzene rings is 1. The molecule has 3 nitrogen and oxygen atoms in total. The fraction of sp³-hybridized carbons (Fsp3) is 0.696. The number of hydrogen-bond donors (Lipinski definition) is 2. The molecule has 2 saturated carbocycles. The number of hydrazine groups is 1. The third-order valence-corrected chi connectivity index (χ3v) is 6.76. The summed E-state index contributed by atoms with van der Waals surface area (Å²) in [6, 6.07) is 7.13. The molecule has 2 aliphatic rings. The van der Waals surface area contributed by atoms with Crippen molar-refractivity contribution in [3.05, 3.63) is 29.3 Å². The minimum atomic E-state index is 0.282. The van der Waals surface area contributed by atoms with Crippen LogP contribution in [0.4, 0.5) is 5.69 Å². The Morgan fingerprint density at radius 3 is 2.31 bits per heavy atom. The van der Waals surface area contributed by atoms with Gasteiger partial charge in [-0.25, -0.2) is 5.43 Å². The fourth-order valence-electron chi connectivity index (χ4n) is 5.19. The van der Waals surface area contributed by atoms with Gasteiger partial charge in [-0.3, -0.25) is 0 Å². The molecular weight excluding hydrogens is 320 g/mol. The van der Waals surface area contributed by atoms with E-state index in [-0.39, 0.29) is 5.92 Å². The first-order valence-corrected chi connectivity index (χ1v) is 10.8. The number of aldehydes is 1. The van der Waals surface area contributed by atoms with Gasteiger partial charge in [0.1, 0.15) is 6.29 Å². The third-order valence-electron chi connectivity index (χ3n) is 6.76. The number of hydrogen-bond acceptors (Lipinski definition) is 3. The molecule has 2 fully saturated rings. The molecule has 1 aromatic rings. The lowest BCUT2D eigenvalue weighted by Crippen LogP contribution is -2.20. The molecule has 0 aliphatic heterocycles. The van der Waals surface area contributed by atoms with Crippen molar-refractivity contribution in [2.75, 3.05) is 12.5 Å². The molecule has 1 aromatic carbocycles. The van der Waals surface area contributed by atoms with Crippen LogP contribution in [0.2, 0.25) is 0 Å². The smallest absolute Gasteiger partial charge is 0.123 e. The summed E-state index contributed by atoms with van der Waals surface area (Å²) in [5, 5.41) is 0. The van der Waals surface area contributed by atoms with Crippen LogP contribution >= 0.6 is 0 Å². The van der Waals surface area contributed by atoms with Gasteiger partial charge in [-0.1, -0.05) is 31.9 Å². The summed E-state index contributed by atoms with van der Waals surface area (Å²) in [6.45, 7) is 2.31. The average molecular weight is 357 g/mol. The normalized spacial score (nSPS) is 29.3. The fourth-order valence-corrected chi connectivity index (χ4v) is 5.19. The molecule has 0 spiro atoms. The van der Waals surface area contributed by atoms with Crippen molar-refractivity contribution in [2.45, 2.75) is 83.0 Å². The molecule has 144 valence electrons. The summed E-state index contributed by atoms with van der Waals surface area (Å²) in [4.78, 5) is 11.0. The first kappa shape index (κ1) is 19.4. The first-order valence-electron chi connectivity index (χ1n) is 10.8. The Labute approximate surface area is 159 Å². The summed E-state index contributed by atoms with van der Waals surface area (Å²) in [6.07, 6.45) is 13.7. The van der Waals surface area contributed by atoms with Crippen LogP contribution in [-0.4, -0.2) is 13.3 Å². The Bertz CT molecular complexity index is 570. The lowest BCUT2D eigenvalue weighted by Gasteiger charge is -2.31. The van der Waals surface area contributed by atoms with Gasteiger partial charge in [-0.2, -0.15) is 0 Å². The monoisotopic (exact) mass is 356 g/mol. The summed E-state index contributed by atoms with van der Waals surface area (Å²) in [7, 11) is 1.94. The Kier molecular flexibility index (Phi) is 7.13. The SMILES string of the molecule is CCCC1CCC(c2ccc(C3CCC(C=O)CC3)c(NNC)c2)CC1. The maximum absolute atomic E-state index is 11.0. The van der Waals surface area contributed by atoms with Crippen LogP contribution in [0.5, 0.6) is 0 Å². The van der Waals surface area contributed by atoms with Crippen molar-refractivity contribution in [3.63, 3.8) is 0 Å². The molecule has 0 aromatic heterocycles. The zero-order valence-electron chi connectivity index (χ0n) is 16.6. The van der Waals surface area contributed by atoms with Gasteiger partial charge in [-0.05, 0) is 86.3 Å². The van der Waals surface area contributed by atoms with Gasteiger partial charge in [0, 0.05) is 13.0 Å². The largest absolute Gasteiger partial charge is 0.321 e. The zero-order chi connectivity index (χ0) is 18.4. The Balaban J connectivity index is 1.70. The van der Waals surface area contributed by atoms with Gasteiger partial charge in [0.05, 0.1) is 5.69 Å². The molecule has 0 unspecified atom stereocenters. The van der Waals surface area contributed by atoms with Crippen LogP contribution in [0.25, 0.3) is 0 Å². The molecule has 3 rings (SSSR count). The number of rotatable bonds is 7.